The number of ether oxygens (including phenoxy) is 1. The number of aromatic hydroxyl groups is 1. The van der Waals surface area contributed by atoms with E-state index in [1.165, 1.54) is 5.56 Å². The van der Waals surface area contributed by atoms with Crippen molar-refractivity contribution >= 4 is 0 Å². The Labute approximate surface area is 121 Å². The number of nitrogens with zero attached hydrogens (tertiary/aromatic N) is 1. The van der Waals surface area contributed by atoms with Crippen LogP contribution in [0.2, 0.25) is 0 Å². The van der Waals surface area contributed by atoms with Crippen LogP contribution in [0.25, 0.3) is 0 Å². The number of hydrogen-bond acceptors (Lipinski definition) is 4. The smallest absolute Gasteiger partial charge is 0.115 e. The van der Waals surface area contributed by atoms with Crippen molar-refractivity contribution in [3.8, 4) is 5.75 Å². The molecule has 0 bridgehead atoms. The fourth-order valence-electron chi connectivity index (χ4n) is 2.47. The molecule has 0 radical (unpaired) electrons. The number of morpholine rings is 1. The highest BCUT2D eigenvalue weighted by molar-refractivity contribution is 5.25. The first-order valence-corrected chi connectivity index (χ1v) is 7.45. The van der Waals surface area contributed by atoms with Gasteiger partial charge in [-0.1, -0.05) is 12.1 Å². The highest BCUT2D eigenvalue weighted by atomic mass is 16.5. The van der Waals surface area contributed by atoms with Crippen molar-refractivity contribution in [2.75, 3.05) is 33.3 Å². The summed E-state index contributed by atoms with van der Waals surface area (Å²) in [5, 5.41) is 12.8. The number of rotatable bonds is 6. The lowest BCUT2D eigenvalue weighted by Crippen LogP contribution is -2.46. The van der Waals surface area contributed by atoms with E-state index in [2.05, 4.69) is 24.2 Å². The van der Waals surface area contributed by atoms with Crippen LogP contribution in [0.15, 0.2) is 24.3 Å². The molecule has 1 aliphatic heterocycles. The van der Waals surface area contributed by atoms with Gasteiger partial charge in [-0.3, -0.25) is 0 Å². The fourth-order valence-corrected chi connectivity index (χ4v) is 2.47. The standard InChI is InChI=1S/C16H26N2O2/c1-13(3-4-14-5-7-15(19)8-6-14)17-11-16-12-18(2)9-10-20-16/h5-8,13,16-17,19H,3-4,9-12H2,1-2H3. The van der Waals surface area contributed by atoms with E-state index < -0.39 is 0 Å². The van der Waals surface area contributed by atoms with E-state index in [1.54, 1.807) is 12.1 Å². The van der Waals surface area contributed by atoms with E-state index in [-0.39, 0.29) is 0 Å². The summed E-state index contributed by atoms with van der Waals surface area (Å²) in [5.41, 5.74) is 1.27. The Morgan fingerprint density at radius 2 is 2.15 bits per heavy atom. The predicted octanol–water partition coefficient (Wildman–Crippen LogP) is 1.63. The first kappa shape index (κ1) is 15.3. The molecule has 1 aromatic rings. The van der Waals surface area contributed by atoms with E-state index in [0.717, 1.165) is 39.1 Å². The minimum Gasteiger partial charge on any atom is -0.508 e. The zero-order valence-electron chi connectivity index (χ0n) is 12.5. The third-order valence-electron chi connectivity index (χ3n) is 3.84. The molecule has 0 spiro atoms. The first-order chi connectivity index (χ1) is 9.63. The normalized spacial score (nSPS) is 21.8. The molecule has 20 heavy (non-hydrogen) atoms. The van der Waals surface area contributed by atoms with E-state index in [1.807, 2.05) is 12.1 Å². The maximum absolute atomic E-state index is 9.25. The molecule has 2 atom stereocenters. The minimum absolute atomic E-state index is 0.310. The van der Waals surface area contributed by atoms with Gasteiger partial charge in [-0.2, -0.15) is 0 Å². The fraction of sp³-hybridized carbons (Fsp3) is 0.625. The Kier molecular flexibility index (Phi) is 5.83. The average molecular weight is 278 g/mol. The van der Waals surface area contributed by atoms with Gasteiger partial charge in [-0.25, -0.2) is 0 Å². The molecular weight excluding hydrogens is 252 g/mol. The second kappa shape index (κ2) is 7.62. The highest BCUT2D eigenvalue weighted by Crippen LogP contribution is 2.12. The SMILES string of the molecule is CC(CCc1ccc(O)cc1)NCC1CN(C)CCO1. The Balaban J connectivity index is 1.65. The van der Waals surface area contributed by atoms with Crippen LogP contribution in [-0.4, -0.2) is 55.4 Å². The first-order valence-electron chi connectivity index (χ1n) is 7.45. The predicted molar refractivity (Wildman–Crippen MR) is 81.1 cm³/mol. The molecule has 2 unspecified atom stereocenters. The van der Waals surface area contributed by atoms with Crippen LogP contribution in [0.3, 0.4) is 0 Å². The second-order valence-corrected chi connectivity index (χ2v) is 5.77. The summed E-state index contributed by atoms with van der Waals surface area (Å²) in [5.74, 6) is 0.332. The summed E-state index contributed by atoms with van der Waals surface area (Å²) >= 11 is 0. The molecule has 112 valence electrons. The van der Waals surface area contributed by atoms with Crippen molar-refractivity contribution in [3.05, 3.63) is 29.8 Å². The molecule has 4 nitrogen and oxygen atoms in total. The number of aryl methyl sites for hydroxylation is 1. The minimum atomic E-state index is 0.310. The summed E-state index contributed by atoms with van der Waals surface area (Å²) < 4.78 is 5.74. The van der Waals surface area contributed by atoms with Crippen LogP contribution in [0, 0.1) is 0 Å². The monoisotopic (exact) mass is 278 g/mol. The average Bonchev–Trinajstić information content (AvgIpc) is 2.45. The van der Waals surface area contributed by atoms with Crippen LogP contribution in [0.1, 0.15) is 18.9 Å². The van der Waals surface area contributed by atoms with Crippen molar-refractivity contribution in [1.29, 1.82) is 0 Å². The Morgan fingerprint density at radius 3 is 2.85 bits per heavy atom. The number of likely N-dealkylation sites (N-methyl/N-ethyl adjacent to an activating group) is 1. The number of benzene rings is 1. The second-order valence-electron chi connectivity index (χ2n) is 5.77. The van der Waals surface area contributed by atoms with Crippen molar-refractivity contribution in [1.82, 2.24) is 10.2 Å². The maximum atomic E-state index is 9.25. The van der Waals surface area contributed by atoms with Gasteiger partial charge in [0.2, 0.25) is 0 Å². The molecule has 0 saturated carbocycles. The summed E-state index contributed by atoms with van der Waals surface area (Å²) in [7, 11) is 2.14. The molecule has 1 saturated heterocycles. The third-order valence-corrected chi connectivity index (χ3v) is 3.84. The van der Waals surface area contributed by atoms with Gasteiger partial charge in [0, 0.05) is 25.7 Å². The zero-order chi connectivity index (χ0) is 14.4. The Morgan fingerprint density at radius 1 is 1.40 bits per heavy atom. The molecule has 0 aromatic heterocycles. The van der Waals surface area contributed by atoms with Crippen molar-refractivity contribution < 1.29 is 9.84 Å². The molecule has 0 amide bonds. The van der Waals surface area contributed by atoms with Crippen molar-refractivity contribution in [2.24, 2.45) is 0 Å². The molecule has 4 heteroatoms. The summed E-state index contributed by atoms with van der Waals surface area (Å²) in [6.45, 7) is 6.02. The van der Waals surface area contributed by atoms with Gasteiger partial charge < -0.3 is 20.1 Å². The lowest BCUT2D eigenvalue weighted by molar-refractivity contribution is -0.0191. The molecule has 2 rings (SSSR count). The summed E-state index contributed by atoms with van der Waals surface area (Å²) in [6, 6.07) is 7.94. The molecule has 1 fully saturated rings. The largest absolute Gasteiger partial charge is 0.508 e. The lowest BCUT2D eigenvalue weighted by Gasteiger charge is -2.31. The van der Waals surface area contributed by atoms with Gasteiger partial charge in [-0.05, 0) is 44.5 Å². The van der Waals surface area contributed by atoms with Crippen molar-refractivity contribution in [2.45, 2.75) is 31.9 Å². The number of hydrogen-bond donors (Lipinski definition) is 2. The number of phenols is 1. The number of phenolic OH excluding ortho intramolecular Hbond substituents is 1. The molecule has 1 aromatic carbocycles. The lowest BCUT2D eigenvalue weighted by atomic mass is 10.1. The summed E-state index contributed by atoms with van der Waals surface area (Å²) in [4.78, 5) is 2.32. The highest BCUT2D eigenvalue weighted by Gasteiger charge is 2.17. The van der Waals surface area contributed by atoms with E-state index in [9.17, 15) is 5.11 Å². The van der Waals surface area contributed by atoms with Crippen LogP contribution in [0.5, 0.6) is 5.75 Å². The van der Waals surface area contributed by atoms with Crippen LogP contribution in [0.4, 0.5) is 0 Å². The van der Waals surface area contributed by atoms with Gasteiger partial charge in [0.05, 0.1) is 12.7 Å². The Hall–Kier alpha value is -1.10. The zero-order valence-corrected chi connectivity index (χ0v) is 12.5. The van der Waals surface area contributed by atoms with E-state index in [4.69, 9.17) is 4.74 Å². The topological polar surface area (TPSA) is 44.7 Å². The van der Waals surface area contributed by atoms with Crippen LogP contribution < -0.4 is 5.32 Å². The van der Waals surface area contributed by atoms with Crippen molar-refractivity contribution in [3.63, 3.8) is 0 Å². The van der Waals surface area contributed by atoms with Gasteiger partial charge >= 0.3 is 0 Å². The molecular formula is C16H26N2O2. The Bertz CT molecular complexity index is 394. The van der Waals surface area contributed by atoms with E-state index in [0.29, 0.717) is 17.9 Å². The molecule has 1 heterocycles. The molecule has 1 aliphatic rings. The quantitative estimate of drug-likeness (QED) is 0.830. The third kappa shape index (κ3) is 5.12. The van der Waals surface area contributed by atoms with Gasteiger partial charge in [0.15, 0.2) is 0 Å². The van der Waals surface area contributed by atoms with Gasteiger partial charge in [0.1, 0.15) is 5.75 Å². The van der Waals surface area contributed by atoms with Crippen LogP contribution >= 0.6 is 0 Å². The van der Waals surface area contributed by atoms with Gasteiger partial charge in [0.25, 0.3) is 0 Å². The molecule has 0 aliphatic carbocycles. The van der Waals surface area contributed by atoms with Crippen LogP contribution in [-0.2, 0) is 11.2 Å². The number of nitrogens with one attached hydrogen (secondary N) is 1. The van der Waals surface area contributed by atoms with Gasteiger partial charge in [-0.15, -0.1) is 0 Å². The maximum Gasteiger partial charge on any atom is 0.115 e. The molecule has 2 N–H and O–H groups in total. The summed E-state index contributed by atoms with van der Waals surface area (Å²) in [6.07, 6.45) is 2.43. The van der Waals surface area contributed by atoms with E-state index >= 15 is 0 Å².